The number of hydrogen-bond acceptors (Lipinski definition) is 0. The number of unbranched alkanes of at least 4 members (excludes halogenated alkanes) is 2. The van der Waals surface area contributed by atoms with E-state index in [0.29, 0.717) is 7.92 Å². The zero-order valence-corrected chi connectivity index (χ0v) is 7.88. The molecule has 0 N–H and O–H groups in total. The van der Waals surface area contributed by atoms with Gasteiger partial charge in [-0.05, 0) is 25.4 Å². The average Bonchev–Trinajstić information content (AvgIpc) is 1.89. The Morgan fingerprint density at radius 2 is 1.78 bits per heavy atom. The Morgan fingerprint density at radius 3 is 2.22 bits per heavy atom. The lowest BCUT2D eigenvalue weighted by molar-refractivity contribution is 0.776. The van der Waals surface area contributed by atoms with E-state index in [1.807, 2.05) is 0 Å². The maximum atomic E-state index is 2.41. The molecular weight excluding hydrogens is 127 g/mol. The van der Waals surface area contributed by atoms with Gasteiger partial charge in [-0.15, -0.1) is 7.92 Å². The molecule has 0 heterocycles. The van der Waals surface area contributed by atoms with Gasteiger partial charge in [0, 0.05) is 0 Å². The van der Waals surface area contributed by atoms with E-state index in [-0.39, 0.29) is 0 Å². The van der Waals surface area contributed by atoms with Crippen LogP contribution >= 0.6 is 7.92 Å². The molecule has 0 rings (SSSR count). The van der Waals surface area contributed by atoms with Crippen molar-refractivity contribution in [1.29, 1.82) is 0 Å². The topological polar surface area (TPSA) is 0 Å². The minimum Gasteiger partial charge on any atom is -0.110 e. The second kappa shape index (κ2) is 6.55. The Morgan fingerprint density at radius 1 is 1.11 bits per heavy atom. The van der Waals surface area contributed by atoms with Gasteiger partial charge >= 0.3 is 0 Å². The Hall–Kier alpha value is 0.430. The van der Waals surface area contributed by atoms with Gasteiger partial charge in [0.2, 0.25) is 0 Å². The Kier molecular flexibility index (Phi) is 6.86. The lowest BCUT2D eigenvalue weighted by atomic mass is 10.3. The molecule has 0 aromatic heterocycles. The third-order valence-electron chi connectivity index (χ3n) is 1.68. The first-order valence-electron chi connectivity index (χ1n) is 3.99. The first kappa shape index (κ1) is 9.43. The molecule has 0 radical (unpaired) electrons. The lowest BCUT2D eigenvalue weighted by Gasteiger charge is -2.06. The van der Waals surface area contributed by atoms with E-state index >= 15 is 0 Å². The first-order valence-corrected chi connectivity index (χ1v) is 6.15. The maximum Gasteiger partial charge on any atom is -0.0328 e. The zero-order chi connectivity index (χ0) is 7.11. The van der Waals surface area contributed by atoms with Crippen LogP contribution in [0.15, 0.2) is 0 Å². The second-order valence-electron chi connectivity index (χ2n) is 2.60. The van der Waals surface area contributed by atoms with Crippen molar-refractivity contribution in [2.45, 2.75) is 33.1 Å². The molecular formula is C8H19P. The molecule has 0 aliphatic rings. The summed E-state index contributed by atoms with van der Waals surface area (Å²) in [7, 11) is 0.410. The van der Waals surface area contributed by atoms with Crippen LogP contribution in [0, 0.1) is 0 Å². The molecule has 9 heavy (non-hydrogen) atoms. The first-order chi connectivity index (χ1) is 4.31. The predicted molar refractivity (Wildman–Crippen MR) is 47.8 cm³/mol. The summed E-state index contributed by atoms with van der Waals surface area (Å²) in [6.45, 7) is 6.98. The summed E-state index contributed by atoms with van der Waals surface area (Å²) in [5, 5.41) is 0. The van der Waals surface area contributed by atoms with Crippen molar-refractivity contribution in [3.05, 3.63) is 0 Å². The summed E-state index contributed by atoms with van der Waals surface area (Å²) < 4.78 is 0. The standard InChI is InChI=1S/C8H19P/c1-4-6-7-8-9(3)5-2/h4-8H2,1-3H3. The van der Waals surface area contributed by atoms with Gasteiger partial charge in [0.15, 0.2) is 0 Å². The summed E-state index contributed by atoms with van der Waals surface area (Å²) >= 11 is 0. The summed E-state index contributed by atoms with van der Waals surface area (Å²) in [6, 6.07) is 0. The fraction of sp³-hybridized carbons (Fsp3) is 1.00. The summed E-state index contributed by atoms with van der Waals surface area (Å²) in [6.07, 6.45) is 7.19. The Labute approximate surface area is 60.8 Å². The normalized spacial score (nSPS) is 13.7. The van der Waals surface area contributed by atoms with E-state index in [0.717, 1.165) is 0 Å². The van der Waals surface area contributed by atoms with Gasteiger partial charge in [0.1, 0.15) is 0 Å². The molecule has 0 saturated carbocycles. The molecule has 0 aliphatic heterocycles. The average molecular weight is 146 g/mol. The van der Waals surface area contributed by atoms with Crippen LogP contribution in [0.1, 0.15) is 33.1 Å². The van der Waals surface area contributed by atoms with Crippen LogP contribution < -0.4 is 0 Å². The van der Waals surface area contributed by atoms with E-state index in [1.54, 1.807) is 0 Å². The molecule has 0 saturated heterocycles. The van der Waals surface area contributed by atoms with E-state index < -0.39 is 0 Å². The summed E-state index contributed by atoms with van der Waals surface area (Å²) in [4.78, 5) is 0. The monoisotopic (exact) mass is 146 g/mol. The molecule has 0 nitrogen and oxygen atoms in total. The zero-order valence-electron chi connectivity index (χ0n) is 6.98. The van der Waals surface area contributed by atoms with Crippen molar-refractivity contribution in [3.63, 3.8) is 0 Å². The van der Waals surface area contributed by atoms with Gasteiger partial charge in [-0.1, -0.05) is 26.7 Å². The molecule has 0 aromatic carbocycles. The highest BCUT2D eigenvalue weighted by Crippen LogP contribution is 2.30. The minimum absolute atomic E-state index is 0.410. The Bertz CT molecular complexity index is 52.5. The van der Waals surface area contributed by atoms with Crippen LogP contribution in [0.2, 0.25) is 0 Å². The van der Waals surface area contributed by atoms with Crippen LogP contribution in [0.5, 0.6) is 0 Å². The molecule has 0 amide bonds. The fourth-order valence-corrected chi connectivity index (χ4v) is 1.87. The van der Waals surface area contributed by atoms with Crippen molar-refractivity contribution in [2.24, 2.45) is 0 Å². The fourth-order valence-electron chi connectivity index (χ4n) is 0.790. The van der Waals surface area contributed by atoms with E-state index in [2.05, 4.69) is 20.5 Å². The van der Waals surface area contributed by atoms with E-state index in [4.69, 9.17) is 0 Å². The quantitative estimate of drug-likeness (QED) is 0.412. The lowest BCUT2D eigenvalue weighted by Crippen LogP contribution is -1.84. The third-order valence-corrected chi connectivity index (χ3v) is 3.84. The maximum absolute atomic E-state index is 2.41. The van der Waals surface area contributed by atoms with Crippen LogP contribution in [0.3, 0.4) is 0 Å². The molecule has 0 bridgehead atoms. The van der Waals surface area contributed by atoms with Gasteiger partial charge < -0.3 is 0 Å². The number of hydrogen-bond donors (Lipinski definition) is 0. The highest BCUT2D eigenvalue weighted by molar-refractivity contribution is 7.56. The van der Waals surface area contributed by atoms with E-state index in [1.165, 1.54) is 31.6 Å². The largest absolute Gasteiger partial charge is 0.110 e. The van der Waals surface area contributed by atoms with Crippen LogP contribution in [0.4, 0.5) is 0 Å². The van der Waals surface area contributed by atoms with E-state index in [9.17, 15) is 0 Å². The third kappa shape index (κ3) is 6.31. The molecule has 56 valence electrons. The molecule has 0 aromatic rings. The van der Waals surface area contributed by atoms with Crippen LogP contribution in [-0.4, -0.2) is 19.0 Å². The molecule has 1 heteroatoms. The molecule has 0 spiro atoms. The summed E-state index contributed by atoms with van der Waals surface area (Å²) in [5.41, 5.74) is 0. The SMILES string of the molecule is CCCCCP(C)CC. The van der Waals surface area contributed by atoms with Crippen LogP contribution in [-0.2, 0) is 0 Å². The van der Waals surface area contributed by atoms with Gasteiger partial charge in [-0.25, -0.2) is 0 Å². The van der Waals surface area contributed by atoms with Crippen molar-refractivity contribution in [2.75, 3.05) is 19.0 Å². The smallest absolute Gasteiger partial charge is 0.0328 e. The molecule has 0 aliphatic carbocycles. The highest BCUT2D eigenvalue weighted by Gasteiger charge is 1.94. The van der Waals surface area contributed by atoms with Crippen molar-refractivity contribution < 1.29 is 0 Å². The van der Waals surface area contributed by atoms with Gasteiger partial charge in [-0.2, -0.15) is 0 Å². The second-order valence-corrected chi connectivity index (χ2v) is 5.39. The van der Waals surface area contributed by atoms with Gasteiger partial charge in [-0.3, -0.25) is 0 Å². The molecule has 1 unspecified atom stereocenters. The van der Waals surface area contributed by atoms with Crippen molar-refractivity contribution >= 4 is 7.92 Å². The number of rotatable bonds is 5. The van der Waals surface area contributed by atoms with Crippen molar-refractivity contribution in [3.8, 4) is 0 Å². The van der Waals surface area contributed by atoms with Gasteiger partial charge in [0.05, 0.1) is 0 Å². The molecule has 0 fully saturated rings. The molecule has 1 atom stereocenters. The summed E-state index contributed by atoms with van der Waals surface area (Å²) in [5.74, 6) is 0. The van der Waals surface area contributed by atoms with Crippen LogP contribution in [0.25, 0.3) is 0 Å². The van der Waals surface area contributed by atoms with Crippen molar-refractivity contribution in [1.82, 2.24) is 0 Å². The minimum atomic E-state index is 0.410. The predicted octanol–water partition coefficient (Wildman–Crippen LogP) is 3.31. The Balaban J connectivity index is 2.88. The van der Waals surface area contributed by atoms with Gasteiger partial charge in [0.25, 0.3) is 0 Å². The highest BCUT2D eigenvalue weighted by atomic mass is 31.1.